The number of carbonyl (C=O) groups is 2. The molecule has 38 heavy (non-hydrogen) atoms. The van der Waals surface area contributed by atoms with E-state index in [2.05, 4.69) is 4.98 Å². The van der Waals surface area contributed by atoms with Crippen molar-refractivity contribution < 1.29 is 22.7 Å². The van der Waals surface area contributed by atoms with Crippen LogP contribution in [-0.4, -0.2) is 67.5 Å². The normalized spacial score (nSPS) is 16.2. The highest BCUT2D eigenvalue weighted by atomic mass is 32.2. The number of ether oxygens (including phenoxy) is 1. The molecular weight excluding hydrogens is 502 g/mol. The summed E-state index contributed by atoms with van der Waals surface area (Å²) in [5.74, 6) is 0.200. The SMILES string of the molecule is COc1ccc2[nH]c(C(=O)N3CC(=O)N(Cc4ccccc4S(C)(=O)=O)[C@@H](Cc4ccccc4)C3)cc2c1. The Kier molecular flexibility index (Phi) is 6.94. The quantitative estimate of drug-likeness (QED) is 0.392. The summed E-state index contributed by atoms with van der Waals surface area (Å²) in [5.41, 5.74) is 2.79. The molecule has 1 aromatic heterocycles. The minimum atomic E-state index is -3.47. The lowest BCUT2D eigenvalue weighted by molar-refractivity contribution is -0.139. The monoisotopic (exact) mass is 531 g/mol. The number of nitrogens with one attached hydrogen (secondary N) is 1. The van der Waals surface area contributed by atoms with Crippen LogP contribution < -0.4 is 4.74 Å². The van der Waals surface area contributed by atoms with Crippen molar-refractivity contribution in [2.45, 2.75) is 23.9 Å². The number of sulfone groups is 1. The zero-order valence-corrected chi connectivity index (χ0v) is 22.1. The number of aromatic nitrogens is 1. The third-order valence-corrected chi connectivity index (χ3v) is 8.09. The topological polar surface area (TPSA) is 99.8 Å². The van der Waals surface area contributed by atoms with Gasteiger partial charge in [-0.05, 0) is 47.9 Å². The molecule has 0 aliphatic carbocycles. The van der Waals surface area contributed by atoms with Crippen LogP contribution in [0.15, 0.2) is 83.8 Å². The molecule has 1 atom stereocenters. The van der Waals surface area contributed by atoms with Gasteiger partial charge in [-0.1, -0.05) is 48.5 Å². The average Bonchev–Trinajstić information content (AvgIpc) is 3.33. The van der Waals surface area contributed by atoms with Crippen LogP contribution in [0.3, 0.4) is 0 Å². The molecule has 0 bridgehead atoms. The van der Waals surface area contributed by atoms with Crippen molar-refractivity contribution in [3.8, 4) is 5.75 Å². The van der Waals surface area contributed by atoms with Crippen molar-refractivity contribution in [3.63, 3.8) is 0 Å². The van der Waals surface area contributed by atoms with Gasteiger partial charge >= 0.3 is 0 Å². The minimum Gasteiger partial charge on any atom is -0.497 e. The number of aromatic amines is 1. The van der Waals surface area contributed by atoms with Gasteiger partial charge in [0.05, 0.1) is 18.0 Å². The fourth-order valence-electron chi connectivity index (χ4n) is 5.01. The Labute approximate surface area is 221 Å². The first kappa shape index (κ1) is 25.5. The number of H-pyrrole nitrogens is 1. The molecular formula is C29H29N3O5S. The summed E-state index contributed by atoms with van der Waals surface area (Å²) in [7, 11) is -1.88. The van der Waals surface area contributed by atoms with E-state index in [-0.39, 0.29) is 35.8 Å². The molecule has 3 aromatic carbocycles. The number of carbonyl (C=O) groups excluding carboxylic acids is 2. The average molecular weight is 532 g/mol. The van der Waals surface area contributed by atoms with Crippen LogP contribution in [0.25, 0.3) is 10.9 Å². The zero-order valence-electron chi connectivity index (χ0n) is 21.3. The molecule has 5 rings (SSSR count). The van der Waals surface area contributed by atoms with E-state index in [9.17, 15) is 18.0 Å². The fourth-order valence-corrected chi connectivity index (χ4v) is 5.95. The first-order valence-corrected chi connectivity index (χ1v) is 14.2. The Balaban J connectivity index is 1.45. The van der Waals surface area contributed by atoms with E-state index in [1.54, 1.807) is 47.2 Å². The van der Waals surface area contributed by atoms with Crippen molar-refractivity contribution in [1.29, 1.82) is 0 Å². The smallest absolute Gasteiger partial charge is 0.270 e. The summed E-state index contributed by atoms with van der Waals surface area (Å²) in [6.07, 6.45) is 1.70. The summed E-state index contributed by atoms with van der Waals surface area (Å²) in [6, 6.07) is 23.5. The van der Waals surface area contributed by atoms with E-state index in [0.29, 0.717) is 30.0 Å². The van der Waals surface area contributed by atoms with Crippen molar-refractivity contribution in [2.75, 3.05) is 26.5 Å². The molecule has 1 N–H and O–H groups in total. The highest BCUT2D eigenvalue weighted by Gasteiger charge is 2.36. The highest BCUT2D eigenvalue weighted by Crippen LogP contribution is 2.26. The molecule has 196 valence electrons. The van der Waals surface area contributed by atoms with Crippen LogP contribution in [0.4, 0.5) is 0 Å². The van der Waals surface area contributed by atoms with Gasteiger partial charge in [0.2, 0.25) is 5.91 Å². The first-order chi connectivity index (χ1) is 18.2. The zero-order chi connectivity index (χ0) is 26.9. The number of fused-ring (bicyclic) bond motifs is 1. The lowest BCUT2D eigenvalue weighted by Crippen LogP contribution is -2.58. The third-order valence-electron chi connectivity index (χ3n) is 6.89. The number of hydrogen-bond acceptors (Lipinski definition) is 5. The maximum absolute atomic E-state index is 13.5. The number of hydrogen-bond donors (Lipinski definition) is 1. The fraction of sp³-hybridized carbons (Fsp3) is 0.241. The lowest BCUT2D eigenvalue weighted by Gasteiger charge is -2.41. The van der Waals surface area contributed by atoms with E-state index in [0.717, 1.165) is 16.5 Å². The van der Waals surface area contributed by atoms with Gasteiger partial charge in [0, 0.05) is 30.2 Å². The highest BCUT2D eigenvalue weighted by molar-refractivity contribution is 7.90. The number of nitrogens with zero attached hydrogens (tertiary/aromatic N) is 2. The minimum absolute atomic E-state index is 0.0934. The standard InChI is InChI=1S/C29H29N3O5S/c1-37-24-12-13-25-22(15-24)16-26(30-25)29(34)31-18-23(14-20-8-4-3-5-9-20)32(28(33)19-31)17-21-10-6-7-11-27(21)38(2,35)36/h3-13,15-16,23,30H,14,17-19H2,1-2H3/t23-/m0/s1. The molecule has 1 fully saturated rings. The van der Waals surface area contributed by atoms with E-state index in [1.807, 2.05) is 48.5 Å². The molecule has 4 aromatic rings. The number of benzene rings is 3. The van der Waals surface area contributed by atoms with Gasteiger partial charge < -0.3 is 19.5 Å². The molecule has 1 saturated heterocycles. The largest absolute Gasteiger partial charge is 0.497 e. The second-order valence-electron chi connectivity index (χ2n) is 9.57. The number of rotatable bonds is 7. The van der Waals surface area contributed by atoms with E-state index >= 15 is 0 Å². The van der Waals surface area contributed by atoms with Gasteiger partial charge in [-0.3, -0.25) is 9.59 Å². The summed E-state index contributed by atoms with van der Waals surface area (Å²) < 4.78 is 30.1. The van der Waals surface area contributed by atoms with E-state index in [1.165, 1.54) is 6.26 Å². The van der Waals surface area contributed by atoms with E-state index < -0.39 is 9.84 Å². The molecule has 1 aliphatic rings. The molecule has 2 amide bonds. The molecule has 8 nitrogen and oxygen atoms in total. The van der Waals surface area contributed by atoms with Crippen LogP contribution in [-0.2, 0) is 27.6 Å². The van der Waals surface area contributed by atoms with E-state index in [4.69, 9.17) is 4.74 Å². The van der Waals surface area contributed by atoms with Gasteiger partial charge in [-0.25, -0.2) is 8.42 Å². The Morgan fingerprint density at radius 1 is 1.03 bits per heavy atom. The van der Waals surface area contributed by atoms with Crippen LogP contribution in [0.2, 0.25) is 0 Å². The van der Waals surface area contributed by atoms with Gasteiger partial charge in [0.15, 0.2) is 9.84 Å². The Bertz CT molecular complexity index is 1600. The molecule has 9 heteroatoms. The van der Waals surface area contributed by atoms with Crippen LogP contribution in [0.5, 0.6) is 5.75 Å². The van der Waals surface area contributed by atoms with Crippen LogP contribution in [0, 0.1) is 0 Å². The van der Waals surface area contributed by atoms with Crippen molar-refractivity contribution >= 4 is 32.6 Å². The molecule has 2 heterocycles. The summed E-state index contributed by atoms with van der Waals surface area (Å²) in [4.78, 5) is 33.7. The predicted molar refractivity (Wildman–Crippen MR) is 145 cm³/mol. The second-order valence-corrected chi connectivity index (χ2v) is 11.6. The second kappa shape index (κ2) is 10.3. The first-order valence-electron chi connectivity index (χ1n) is 12.3. The summed E-state index contributed by atoms with van der Waals surface area (Å²) in [6.45, 7) is 0.372. The van der Waals surface area contributed by atoms with Gasteiger partial charge in [-0.2, -0.15) is 0 Å². The van der Waals surface area contributed by atoms with Gasteiger partial charge in [-0.15, -0.1) is 0 Å². The Hall–Kier alpha value is -4.11. The number of methoxy groups -OCH3 is 1. The maximum atomic E-state index is 13.5. The molecule has 0 saturated carbocycles. The van der Waals surface area contributed by atoms with Crippen molar-refractivity contribution in [2.24, 2.45) is 0 Å². The predicted octanol–water partition coefficient (Wildman–Crippen LogP) is 3.68. The van der Waals surface area contributed by atoms with Crippen LogP contribution in [0.1, 0.15) is 21.6 Å². The molecule has 1 aliphatic heterocycles. The van der Waals surface area contributed by atoms with Gasteiger partial charge in [0.25, 0.3) is 5.91 Å². The summed E-state index contributed by atoms with van der Waals surface area (Å²) in [5, 5.41) is 0.843. The van der Waals surface area contributed by atoms with Crippen LogP contribution >= 0.6 is 0 Å². The molecule has 0 unspecified atom stereocenters. The maximum Gasteiger partial charge on any atom is 0.270 e. The molecule has 0 radical (unpaired) electrons. The van der Waals surface area contributed by atoms with Crippen molar-refractivity contribution in [1.82, 2.24) is 14.8 Å². The Morgan fingerprint density at radius 3 is 2.50 bits per heavy atom. The Morgan fingerprint density at radius 2 is 1.76 bits per heavy atom. The number of amides is 2. The lowest BCUT2D eigenvalue weighted by atomic mass is 10.0. The molecule has 0 spiro atoms. The number of piperazine rings is 1. The summed E-state index contributed by atoms with van der Waals surface area (Å²) >= 11 is 0. The van der Waals surface area contributed by atoms with Crippen molar-refractivity contribution in [3.05, 3.63) is 95.7 Å². The third kappa shape index (κ3) is 5.28. The van der Waals surface area contributed by atoms with Gasteiger partial charge in [0.1, 0.15) is 18.0 Å².